The van der Waals surface area contributed by atoms with E-state index in [0.717, 1.165) is 19.4 Å². The van der Waals surface area contributed by atoms with E-state index >= 15 is 0 Å². The first-order valence-electron chi connectivity index (χ1n) is 14.3. The average Bonchev–Trinajstić information content (AvgIpc) is 3.49. The number of rotatable bonds is 0. The van der Waals surface area contributed by atoms with Crippen LogP contribution in [0.25, 0.3) is 0 Å². The van der Waals surface area contributed by atoms with Gasteiger partial charge in [0.05, 0.1) is 11.5 Å². The molecule has 5 aliphatic rings. The summed E-state index contributed by atoms with van der Waals surface area (Å²) >= 11 is 0. The van der Waals surface area contributed by atoms with Crippen LogP contribution in [-0.4, -0.2) is 144 Å². The van der Waals surface area contributed by atoms with Crippen molar-refractivity contribution in [3.63, 3.8) is 0 Å². The third kappa shape index (κ3) is 21.1. The molecule has 0 saturated carbocycles. The van der Waals surface area contributed by atoms with Crippen LogP contribution in [0.4, 0.5) is 0 Å². The summed E-state index contributed by atoms with van der Waals surface area (Å²) in [5, 5.41) is 0. The largest absolute Gasteiger partial charge is 0.346 e. The van der Waals surface area contributed by atoms with E-state index in [9.17, 15) is 13.2 Å². The second kappa shape index (κ2) is 23.0. The van der Waals surface area contributed by atoms with E-state index in [4.69, 9.17) is 0 Å². The van der Waals surface area contributed by atoms with Crippen molar-refractivity contribution in [2.75, 3.05) is 106 Å². The number of carbonyl (C=O) groups is 1. The molecule has 5 aliphatic heterocycles. The highest BCUT2D eigenvalue weighted by Gasteiger charge is 2.18. The summed E-state index contributed by atoms with van der Waals surface area (Å²) in [6, 6.07) is 0. The Kier molecular flexibility index (Phi) is 23.9. The minimum Gasteiger partial charge on any atom is -0.346 e. The third-order valence-electron chi connectivity index (χ3n) is 7.37. The number of carbonyl (C=O) groups excluding carboxylic acids is 1. The molecule has 5 heterocycles. The van der Waals surface area contributed by atoms with Gasteiger partial charge in [-0.05, 0) is 112 Å². The molecule has 0 bridgehead atoms. The summed E-state index contributed by atoms with van der Waals surface area (Å²) < 4.78 is 21.5. The van der Waals surface area contributed by atoms with Gasteiger partial charge in [0.25, 0.3) is 0 Å². The van der Waals surface area contributed by atoms with Crippen LogP contribution in [0, 0.1) is 0 Å². The number of amides is 1. The molecule has 0 atom stereocenters. The molecule has 0 unspecified atom stereocenters. The van der Waals surface area contributed by atoms with Gasteiger partial charge in [0.15, 0.2) is 9.84 Å². The van der Waals surface area contributed by atoms with E-state index < -0.39 is 9.84 Å². The van der Waals surface area contributed by atoms with Crippen LogP contribution in [-0.2, 0) is 14.6 Å². The number of piperidine rings is 2. The molecule has 230 valence electrons. The predicted molar refractivity (Wildman–Crippen MR) is 166 cm³/mol. The lowest BCUT2D eigenvalue weighted by atomic mass is 10.1. The number of hydrogen-bond donors (Lipinski definition) is 0. The van der Waals surface area contributed by atoms with Crippen LogP contribution < -0.4 is 0 Å². The fraction of sp³-hybridized carbons (Fsp3) is 0.966. The topological polar surface area (TPSA) is 67.4 Å². The Balaban J connectivity index is 0. The van der Waals surface area contributed by atoms with Gasteiger partial charge in [-0.25, -0.2) is 8.42 Å². The van der Waals surface area contributed by atoms with E-state index in [2.05, 4.69) is 35.8 Å². The van der Waals surface area contributed by atoms with Gasteiger partial charge in [0.1, 0.15) is 0 Å². The molecular formula is C29H65N5O3S. The van der Waals surface area contributed by atoms with Crippen molar-refractivity contribution in [1.29, 1.82) is 0 Å². The maximum atomic E-state index is 10.8. The van der Waals surface area contributed by atoms with Gasteiger partial charge < -0.3 is 24.5 Å². The molecule has 0 aliphatic carbocycles. The molecule has 38 heavy (non-hydrogen) atoms. The Labute approximate surface area is 238 Å². The molecule has 0 aromatic heterocycles. The highest BCUT2D eigenvalue weighted by atomic mass is 32.2. The lowest BCUT2D eigenvalue weighted by Gasteiger charge is -2.21. The van der Waals surface area contributed by atoms with Crippen molar-refractivity contribution in [2.45, 2.75) is 79.1 Å². The first-order valence-corrected chi connectivity index (χ1v) is 16.1. The minimum absolute atomic E-state index is 0. The van der Waals surface area contributed by atoms with E-state index in [1.165, 1.54) is 90.6 Å². The molecule has 5 rings (SSSR count). The van der Waals surface area contributed by atoms with Gasteiger partial charge in [0.2, 0.25) is 5.91 Å². The van der Waals surface area contributed by atoms with E-state index in [-0.39, 0.29) is 14.9 Å². The Morgan fingerprint density at radius 1 is 0.474 bits per heavy atom. The molecule has 1 amide bonds. The molecule has 0 aromatic rings. The summed E-state index contributed by atoms with van der Waals surface area (Å²) in [7, 11) is 7.69. The van der Waals surface area contributed by atoms with Crippen molar-refractivity contribution < 1.29 is 13.2 Å². The molecule has 0 radical (unpaired) electrons. The van der Waals surface area contributed by atoms with Crippen molar-refractivity contribution in [3.8, 4) is 0 Å². The zero-order valence-corrected chi connectivity index (χ0v) is 25.0. The molecule has 5 fully saturated rings. The van der Waals surface area contributed by atoms with E-state index in [1.807, 2.05) is 19.0 Å². The summed E-state index contributed by atoms with van der Waals surface area (Å²) in [6.07, 6.45) is 13.2. The van der Waals surface area contributed by atoms with Crippen LogP contribution >= 0.6 is 0 Å². The fourth-order valence-corrected chi connectivity index (χ4v) is 5.95. The van der Waals surface area contributed by atoms with Crippen LogP contribution in [0.3, 0.4) is 0 Å². The standard InChI is InChI=1S/2C6H13N.C5H11NO2S.C5H9NO.C5H11N.2CH4/c2*1-7-5-3-2-4-6-7;1-6-2-4-9(7,8)5-3-6;1-6-4-2-3-5(6)7;1-6-4-2-3-5-6;;/h2*2-6H2,1H3;2-5H2,1H3;2-4H2,1H3;2-5H2,1H3;2*1H4. The molecule has 8 nitrogen and oxygen atoms in total. The van der Waals surface area contributed by atoms with Gasteiger partial charge in [-0.1, -0.05) is 27.7 Å². The lowest BCUT2D eigenvalue weighted by molar-refractivity contribution is -0.126. The first kappa shape index (κ1) is 39.4. The summed E-state index contributed by atoms with van der Waals surface area (Å²) in [4.78, 5) is 21.4. The molecule has 0 spiro atoms. The van der Waals surface area contributed by atoms with Gasteiger partial charge in [0, 0.05) is 33.1 Å². The van der Waals surface area contributed by atoms with Crippen LogP contribution in [0.2, 0.25) is 0 Å². The first-order chi connectivity index (χ1) is 17.1. The molecule has 0 aromatic carbocycles. The highest BCUT2D eigenvalue weighted by Crippen LogP contribution is 2.06. The zero-order chi connectivity index (χ0) is 26.8. The summed E-state index contributed by atoms with van der Waals surface area (Å²) in [5.41, 5.74) is 0. The van der Waals surface area contributed by atoms with Gasteiger partial charge >= 0.3 is 0 Å². The molecular weight excluding hydrogens is 498 g/mol. The van der Waals surface area contributed by atoms with E-state index in [0.29, 0.717) is 30.5 Å². The number of sulfone groups is 1. The monoisotopic (exact) mass is 563 g/mol. The normalized spacial score (nSPS) is 23.9. The second-order valence-corrected chi connectivity index (χ2v) is 13.4. The van der Waals surface area contributed by atoms with Crippen molar-refractivity contribution in [3.05, 3.63) is 0 Å². The van der Waals surface area contributed by atoms with Crippen molar-refractivity contribution in [2.24, 2.45) is 0 Å². The van der Waals surface area contributed by atoms with Gasteiger partial charge in [-0.2, -0.15) is 0 Å². The maximum Gasteiger partial charge on any atom is 0.222 e. The number of likely N-dealkylation sites (tertiary alicyclic amines) is 4. The average molecular weight is 564 g/mol. The Hall–Kier alpha value is -0.740. The third-order valence-corrected chi connectivity index (χ3v) is 8.98. The Bertz CT molecular complexity index is 629. The second-order valence-electron chi connectivity index (χ2n) is 11.1. The van der Waals surface area contributed by atoms with Crippen molar-refractivity contribution >= 4 is 15.7 Å². The summed E-state index contributed by atoms with van der Waals surface area (Å²) in [5.74, 6) is 0.965. The van der Waals surface area contributed by atoms with Crippen LogP contribution in [0.5, 0.6) is 0 Å². The summed E-state index contributed by atoms with van der Waals surface area (Å²) in [6.45, 7) is 10.3. The lowest BCUT2D eigenvalue weighted by Crippen LogP contribution is -2.37. The molecule has 9 heteroatoms. The van der Waals surface area contributed by atoms with Crippen LogP contribution in [0.1, 0.15) is 79.1 Å². The molecule has 0 N–H and O–H groups in total. The SMILES string of the molecule is C.C.CN1CCCC1.CN1CCCC1=O.CN1CCCCC1.CN1CCCCC1.CN1CCS(=O)(=O)CC1. The Morgan fingerprint density at radius 3 is 0.947 bits per heavy atom. The highest BCUT2D eigenvalue weighted by molar-refractivity contribution is 7.91. The fourth-order valence-electron chi connectivity index (χ4n) is 4.57. The van der Waals surface area contributed by atoms with Gasteiger partial charge in [-0.3, -0.25) is 4.79 Å². The number of nitrogens with zero attached hydrogens (tertiary/aromatic N) is 5. The minimum atomic E-state index is -2.66. The smallest absolute Gasteiger partial charge is 0.222 e. The quantitative estimate of drug-likeness (QED) is 0.444. The molecule has 5 saturated heterocycles. The van der Waals surface area contributed by atoms with Crippen LogP contribution in [0.15, 0.2) is 0 Å². The maximum absolute atomic E-state index is 10.8. The zero-order valence-electron chi connectivity index (χ0n) is 24.2. The van der Waals surface area contributed by atoms with E-state index in [1.54, 1.807) is 4.90 Å². The predicted octanol–water partition coefficient (Wildman–Crippen LogP) is 3.77. The number of hydrogen-bond acceptors (Lipinski definition) is 7. The van der Waals surface area contributed by atoms with Crippen molar-refractivity contribution in [1.82, 2.24) is 24.5 Å². The Morgan fingerprint density at radius 2 is 0.789 bits per heavy atom. The van der Waals surface area contributed by atoms with Gasteiger partial charge in [-0.15, -0.1) is 0 Å².